The number of nitrogens with zero attached hydrogens (tertiary/aromatic N) is 2. The highest BCUT2D eigenvalue weighted by Crippen LogP contribution is 2.17. The fourth-order valence-electron chi connectivity index (χ4n) is 1.65. The average molecular weight is 186 g/mol. The zero-order chi connectivity index (χ0) is 9.97. The summed E-state index contributed by atoms with van der Waals surface area (Å²) in [6, 6.07) is 8.36. The van der Waals surface area contributed by atoms with Crippen molar-refractivity contribution >= 4 is 10.8 Å². The van der Waals surface area contributed by atoms with Crippen LogP contribution in [0.25, 0.3) is 10.8 Å². The third-order valence-corrected chi connectivity index (χ3v) is 2.24. The molecule has 0 spiro atoms. The lowest BCUT2D eigenvalue weighted by atomic mass is 10.1. The molecule has 0 unspecified atom stereocenters. The van der Waals surface area contributed by atoms with Crippen LogP contribution in [0.15, 0.2) is 36.7 Å². The number of benzene rings is 1. The van der Waals surface area contributed by atoms with Crippen LogP contribution in [-0.4, -0.2) is 24.0 Å². The summed E-state index contributed by atoms with van der Waals surface area (Å²) in [5.41, 5.74) is 1.29. The summed E-state index contributed by atoms with van der Waals surface area (Å²) in [5, 5.41) is 2.52. The molecule has 0 radical (unpaired) electrons. The maximum Gasteiger partial charge on any atom is 0.0346 e. The van der Waals surface area contributed by atoms with Gasteiger partial charge in [0.2, 0.25) is 0 Å². The van der Waals surface area contributed by atoms with E-state index in [1.54, 1.807) is 0 Å². The van der Waals surface area contributed by atoms with Crippen LogP contribution >= 0.6 is 0 Å². The standard InChI is InChI=1S/C12H14N2/c1-14(2)9-11-8-13-7-10-5-3-4-6-12(10)11/h3-8H,9H2,1-2H3. The second-order valence-corrected chi connectivity index (χ2v) is 3.76. The van der Waals surface area contributed by atoms with E-state index in [0.29, 0.717) is 0 Å². The predicted molar refractivity (Wildman–Crippen MR) is 59.1 cm³/mol. The molecule has 0 fully saturated rings. The highest BCUT2D eigenvalue weighted by atomic mass is 15.0. The Labute approximate surface area is 84.2 Å². The van der Waals surface area contributed by atoms with E-state index in [-0.39, 0.29) is 0 Å². The molecule has 0 atom stereocenters. The minimum Gasteiger partial charge on any atom is -0.305 e. The molecule has 14 heavy (non-hydrogen) atoms. The normalized spacial score (nSPS) is 11.1. The van der Waals surface area contributed by atoms with Gasteiger partial charge in [0.25, 0.3) is 0 Å². The summed E-state index contributed by atoms with van der Waals surface area (Å²) < 4.78 is 0. The van der Waals surface area contributed by atoms with Crippen molar-refractivity contribution in [2.75, 3.05) is 14.1 Å². The van der Waals surface area contributed by atoms with E-state index in [0.717, 1.165) is 6.54 Å². The van der Waals surface area contributed by atoms with Crippen LogP contribution < -0.4 is 0 Å². The molecule has 0 saturated heterocycles. The smallest absolute Gasteiger partial charge is 0.0346 e. The molecule has 2 aromatic rings. The highest BCUT2D eigenvalue weighted by Gasteiger charge is 2.01. The lowest BCUT2D eigenvalue weighted by Crippen LogP contribution is -2.11. The summed E-state index contributed by atoms with van der Waals surface area (Å²) >= 11 is 0. The van der Waals surface area contributed by atoms with Crippen molar-refractivity contribution in [1.82, 2.24) is 9.88 Å². The van der Waals surface area contributed by atoms with Gasteiger partial charge in [-0.2, -0.15) is 0 Å². The van der Waals surface area contributed by atoms with Crippen molar-refractivity contribution in [2.45, 2.75) is 6.54 Å². The van der Waals surface area contributed by atoms with E-state index < -0.39 is 0 Å². The van der Waals surface area contributed by atoms with Gasteiger partial charge in [-0.25, -0.2) is 0 Å². The zero-order valence-corrected chi connectivity index (χ0v) is 8.57. The van der Waals surface area contributed by atoms with E-state index in [1.807, 2.05) is 18.5 Å². The first-order valence-electron chi connectivity index (χ1n) is 4.74. The van der Waals surface area contributed by atoms with Crippen molar-refractivity contribution in [3.63, 3.8) is 0 Å². The Hall–Kier alpha value is -1.41. The summed E-state index contributed by atoms with van der Waals surface area (Å²) in [6.07, 6.45) is 3.86. The average Bonchev–Trinajstić information content (AvgIpc) is 2.18. The largest absolute Gasteiger partial charge is 0.305 e. The maximum absolute atomic E-state index is 4.24. The second-order valence-electron chi connectivity index (χ2n) is 3.76. The lowest BCUT2D eigenvalue weighted by molar-refractivity contribution is 0.403. The Kier molecular flexibility index (Phi) is 2.46. The first kappa shape index (κ1) is 9.16. The van der Waals surface area contributed by atoms with Gasteiger partial charge in [0.05, 0.1) is 0 Å². The summed E-state index contributed by atoms with van der Waals surface area (Å²) in [4.78, 5) is 6.40. The molecule has 2 rings (SSSR count). The first-order chi connectivity index (χ1) is 6.77. The molecule has 72 valence electrons. The van der Waals surface area contributed by atoms with Crippen LogP contribution in [0.2, 0.25) is 0 Å². The second kappa shape index (κ2) is 3.76. The molecule has 1 aromatic carbocycles. The van der Waals surface area contributed by atoms with Gasteiger partial charge in [0.15, 0.2) is 0 Å². The van der Waals surface area contributed by atoms with Gasteiger partial charge in [-0.05, 0) is 25.0 Å². The molecule has 1 heterocycles. The lowest BCUT2D eigenvalue weighted by Gasteiger charge is -2.11. The Morgan fingerprint density at radius 2 is 1.93 bits per heavy atom. The Morgan fingerprint density at radius 1 is 1.14 bits per heavy atom. The number of aromatic nitrogens is 1. The topological polar surface area (TPSA) is 16.1 Å². The number of pyridine rings is 1. The van der Waals surface area contributed by atoms with Crippen LogP contribution in [-0.2, 0) is 6.54 Å². The minimum absolute atomic E-state index is 0.939. The van der Waals surface area contributed by atoms with E-state index in [1.165, 1.54) is 16.3 Å². The van der Waals surface area contributed by atoms with Gasteiger partial charge < -0.3 is 4.90 Å². The van der Waals surface area contributed by atoms with Gasteiger partial charge in [-0.1, -0.05) is 24.3 Å². The molecule has 0 amide bonds. The van der Waals surface area contributed by atoms with E-state index in [2.05, 4.69) is 42.2 Å². The van der Waals surface area contributed by atoms with Crippen LogP contribution in [0.5, 0.6) is 0 Å². The number of rotatable bonds is 2. The van der Waals surface area contributed by atoms with Crippen molar-refractivity contribution < 1.29 is 0 Å². The van der Waals surface area contributed by atoms with Crippen LogP contribution in [0.1, 0.15) is 5.56 Å². The predicted octanol–water partition coefficient (Wildman–Crippen LogP) is 2.30. The highest BCUT2D eigenvalue weighted by molar-refractivity contribution is 5.84. The van der Waals surface area contributed by atoms with Gasteiger partial charge >= 0.3 is 0 Å². The van der Waals surface area contributed by atoms with Gasteiger partial charge in [0, 0.05) is 24.3 Å². The molecule has 0 saturated carbocycles. The summed E-state index contributed by atoms with van der Waals surface area (Å²) in [7, 11) is 4.14. The SMILES string of the molecule is CN(C)Cc1cncc2ccccc12. The maximum atomic E-state index is 4.24. The molecule has 0 aliphatic heterocycles. The van der Waals surface area contributed by atoms with Crippen LogP contribution in [0.3, 0.4) is 0 Å². The van der Waals surface area contributed by atoms with Crippen LogP contribution in [0.4, 0.5) is 0 Å². The third kappa shape index (κ3) is 1.75. The van der Waals surface area contributed by atoms with E-state index >= 15 is 0 Å². The fraction of sp³-hybridized carbons (Fsp3) is 0.250. The quantitative estimate of drug-likeness (QED) is 0.715. The Bertz CT molecular complexity index is 430. The third-order valence-electron chi connectivity index (χ3n) is 2.24. The minimum atomic E-state index is 0.939. The molecular formula is C12H14N2. The summed E-state index contributed by atoms with van der Waals surface area (Å²) in [5.74, 6) is 0. The number of hydrogen-bond acceptors (Lipinski definition) is 2. The summed E-state index contributed by atoms with van der Waals surface area (Å²) in [6.45, 7) is 0.939. The van der Waals surface area contributed by atoms with Crippen molar-refractivity contribution in [2.24, 2.45) is 0 Å². The molecule has 2 heteroatoms. The number of fused-ring (bicyclic) bond motifs is 1. The van der Waals surface area contributed by atoms with Crippen molar-refractivity contribution in [3.8, 4) is 0 Å². The van der Waals surface area contributed by atoms with Gasteiger partial charge in [-0.3, -0.25) is 4.98 Å². The van der Waals surface area contributed by atoms with E-state index in [4.69, 9.17) is 0 Å². The van der Waals surface area contributed by atoms with Gasteiger partial charge in [-0.15, -0.1) is 0 Å². The first-order valence-corrected chi connectivity index (χ1v) is 4.74. The fourth-order valence-corrected chi connectivity index (χ4v) is 1.65. The monoisotopic (exact) mass is 186 g/mol. The van der Waals surface area contributed by atoms with E-state index in [9.17, 15) is 0 Å². The molecule has 0 bridgehead atoms. The van der Waals surface area contributed by atoms with Gasteiger partial charge in [0.1, 0.15) is 0 Å². The molecular weight excluding hydrogens is 172 g/mol. The molecule has 0 N–H and O–H groups in total. The Balaban J connectivity index is 2.53. The molecule has 0 aliphatic rings. The zero-order valence-electron chi connectivity index (χ0n) is 8.57. The van der Waals surface area contributed by atoms with Crippen molar-refractivity contribution in [3.05, 3.63) is 42.2 Å². The molecule has 0 aliphatic carbocycles. The molecule has 1 aromatic heterocycles. The van der Waals surface area contributed by atoms with Crippen molar-refractivity contribution in [1.29, 1.82) is 0 Å². The Morgan fingerprint density at radius 3 is 2.71 bits per heavy atom. The molecule has 2 nitrogen and oxygen atoms in total. The number of hydrogen-bond donors (Lipinski definition) is 0. The van der Waals surface area contributed by atoms with Crippen LogP contribution in [0, 0.1) is 0 Å².